The van der Waals surface area contributed by atoms with Crippen molar-refractivity contribution in [2.24, 2.45) is 0 Å². The lowest BCUT2D eigenvalue weighted by Gasteiger charge is -2.21. The molecule has 1 amide bonds. The molecule has 3 atom stereocenters. The van der Waals surface area contributed by atoms with Crippen LogP contribution in [0.3, 0.4) is 0 Å². The van der Waals surface area contributed by atoms with Crippen LogP contribution in [0.1, 0.15) is 168 Å². The topological polar surface area (TPSA) is 89.8 Å². The van der Waals surface area contributed by atoms with Crippen molar-refractivity contribution in [1.29, 1.82) is 0 Å². The van der Waals surface area contributed by atoms with Crippen molar-refractivity contribution in [1.82, 2.24) is 5.32 Å². The van der Waals surface area contributed by atoms with Crippen LogP contribution in [0.15, 0.2) is 24.3 Å². The Morgan fingerprint density at radius 1 is 0.600 bits per heavy atom. The summed E-state index contributed by atoms with van der Waals surface area (Å²) in [5.74, 6) is -0.516. The molecule has 0 rings (SSSR count). The van der Waals surface area contributed by atoms with Gasteiger partial charge in [-0.25, -0.2) is 0 Å². The van der Waals surface area contributed by atoms with Gasteiger partial charge >= 0.3 is 0 Å². The Hall–Kier alpha value is -1.17. The third-order valence-corrected chi connectivity index (χ3v) is 7.79. The molecule has 0 heterocycles. The molecule has 0 radical (unpaired) electrons. The zero-order chi connectivity index (χ0) is 29.5. The number of rotatable bonds is 30. The molecule has 0 fully saturated rings. The zero-order valence-electron chi connectivity index (χ0n) is 26.5. The lowest BCUT2D eigenvalue weighted by atomic mass is 10.0. The number of hydrogen-bond donors (Lipinski definition) is 4. The van der Waals surface area contributed by atoms with Crippen LogP contribution in [0.5, 0.6) is 0 Å². The van der Waals surface area contributed by atoms with Gasteiger partial charge in [-0.2, -0.15) is 0 Å². The molecule has 4 N–H and O–H groups in total. The van der Waals surface area contributed by atoms with Crippen LogP contribution in [0, 0.1) is 0 Å². The maximum atomic E-state index is 12.3. The molecule has 0 bridgehead atoms. The van der Waals surface area contributed by atoms with Crippen molar-refractivity contribution in [2.45, 2.75) is 186 Å². The molecule has 0 saturated heterocycles. The number of hydrogen-bond acceptors (Lipinski definition) is 4. The fourth-order valence-electron chi connectivity index (χ4n) is 5.02. The number of nitrogens with one attached hydrogen (secondary N) is 1. The highest BCUT2D eigenvalue weighted by atomic mass is 16.3. The first-order valence-corrected chi connectivity index (χ1v) is 17.2. The van der Waals surface area contributed by atoms with Crippen molar-refractivity contribution in [3.05, 3.63) is 24.3 Å². The molecule has 40 heavy (non-hydrogen) atoms. The van der Waals surface area contributed by atoms with E-state index in [1.807, 2.05) is 6.08 Å². The Morgan fingerprint density at radius 2 is 1.02 bits per heavy atom. The molecule has 0 aliphatic carbocycles. The van der Waals surface area contributed by atoms with Gasteiger partial charge < -0.3 is 20.6 Å². The quantitative estimate of drug-likeness (QED) is 0.0518. The summed E-state index contributed by atoms with van der Waals surface area (Å²) in [5, 5.41) is 32.8. The number of allylic oxidation sites excluding steroid dienone is 3. The van der Waals surface area contributed by atoms with Gasteiger partial charge in [0.2, 0.25) is 5.91 Å². The molecule has 0 saturated carbocycles. The average molecular weight is 566 g/mol. The highest BCUT2D eigenvalue weighted by Gasteiger charge is 2.22. The van der Waals surface area contributed by atoms with E-state index in [1.165, 1.54) is 109 Å². The smallest absolute Gasteiger partial charge is 0.249 e. The van der Waals surface area contributed by atoms with Crippen LogP contribution >= 0.6 is 0 Å². The van der Waals surface area contributed by atoms with Crippen LogP contribution in [-0.2, 0) is 4.79 Å². The molecule has 236 valence electrons. The lowest BCUT2D eigenvalue weighted by Crippen LogP contribution is -2.48. The molecule has 0 aromatic rings. The second-order valence-electron chi connectivity index (χ2n) is 11.7. The van der Waals surface area contributed by atoms with Gasteiger partial charge in [-0.3, -0.25) is 4.79 Å². The summed E-state index contributed by atoms with van der Waals surface area (Å²) in [6.07, 6.45) is 34.7. The molecule has 5 nitrogen and oxygen atoms in total. The van der Waals surface area contributed by atoms with Gasteiger partial charge in [0.15, 0.2) is 0 Å². The van der Waals surface area contributed by atoms with Gasteiger partial charge in [-0.1, -0.05) is 160 Å². The maximum Gasteiger partial charge on any atom is 0.249 e. The normalized spacial score (nSPS) is 14.2. The summed E-state index contributed by atoms with van der Waals surface area (Å²) in [6.45, 7) is 4.13. The minimum Gasteiger partial charge on any atom is -0.394 e. The maximum absolute atomic E-state index is 12.3. The Morgan fingerprint density at radius 3 is 1.52 bits per heavy atom. The van der Waals surface area contributed by atoms with Gasteiger partial charge in [-0.05, 0) is 32.1 Å². The van der Waals surface area contributed by atoms with Crippen LogP contribution < -0.4 is 5.32 Å². The second-order valence-corrected chi connectivity index (χ2v) is 11.7. The van der Waals surface area contributed by atoms with E-state index in [-0.39, 0.29) is 6.61 Å². The predicted octanol–water partition coefficient (Wildman–Crippen LogP) is 8.70. The summed E-state index contributed by atoms with van der Waals surface area (Å²) in [5.41, 5.74) is 0. The van der Waals surface area contributed by atoms with Crippen molar-refractivity contribution >= 4 is 5.91 Å². The standard InChI is InChI=1S/C35H67NO4/c1-3-5-7-9-11-13-15-16-17-18-20-21-23-25-27-29-33(38)32(31-37)36-35(40)34(39)30-28-26-24-22-19-14-12-10-8-6-4-2/h20-21,27,29,32-34,37-39H,3-19,22-26,28,30-31H2,1-2H3,(H,36,40)/b21-20+,29-27+. The molecule has 0 aliphatic heterocycles. The van der Waals surface area contributed by atoms with E-state index in [9.17, 15) is 20.1 Å². The molecule has 0 aliphatic rings. The largest absolute Gasteiger partial charge is 0.394 e. The highest BCUT2D eigenvalue weighted by molar-refractivity contribution is 5.80. The molecule has 5 heteroatoms. The van der Waals surface area contributed by atoms with Crippen molar-refractivity contribution in [3.63, 3.8) is 0 Å². The summed E-state index contributed by atoms with van der Waals surface area (Å²) < 4.78 is 0. The predicted molar refractivity (Wildman–Crippen MR) is 171 cm³/mol. The number of aliphatic hydroxyl groups is 3. The summed E-state index contributed by atoms with van der Waals surface area (Å²) in [7, 11) is 0. The first kappa shape index (κ1) is 38.8. The molecule has 0 spiro atoms. The minimum atomic E-state index is -1.10. The lowest BCUT2D eigenvalue weighted by molar-refractivity contribution is -0.131. The van der Waals surface area contributed by atoms with Gasteiger partial charge in [0.1, 0.15) is 6.10 Å². The monoisotopic (exact) mass is 566 g/mol. The van der Waals surface area contributed by atoms with Gasteiger partial charge in [-0.15, -0.1) is 0 Å². The third kappa shape index (κ3) is 25.8. The summed E-state index contributed by atoms with van der Waals surface area (Å²) in [4.78, 5) is 12.3. The Kier molecular flexibility index (Phi) is 29.9. The average Bonchev–Trinajstić information content (AvgIpc) is 2.96. The van der Waals surface area contributed by atoms with E-state index in [1.54, 1.807) is 6.08 Å². The summed E-state index contributed by atoms with van der Waals surface area (Å²) in [6, 6.07) is -0.807. The van der Waals surface area contributed by atoms with Gasteiger partial charge in [0.25, 0.3) is 0 Å². The van der Waals surface area contributed by atoms with Gasteiger partial charge in [0, 0.05) is 0 Å². The molecule has 0 aromatic carbocycles. The Balaban J connectivity index is 3.83. The fraction of sp³-hybridized carbons (Fsp3) is 0.857. The fourth-order valence-corrected chi connectivity index (χ4v) is 5.02. The molecular weight excluding hydrogens is 498 g/mol. The Labute approximate surface area is 248 Å². The zero-order valence-corrected chi connectivity index (χ0v) is 26.5. The van der Waals surface area contributed by atoms with Crippen LogP contribution in [0.25, 0.3) is 0 Å². The van der Waals surface area contributed by atoms with E-state index in [4.69, 9.17) is 0 Å². The van der Waals surface area contributed by atoms with Crippen LogP contribution in [-0.4, -0.2) is 46.1 Å². The number of carbonyl (C=O) groups excluding carboxylic acids is 1. The number of unbranched alkanes of at least 4 members (excludes halogenated alkanes) is 20. The molecule has 3 unspecified atom stereocenters. The van der Waals surface area contributed by atoms with Crippen LogP contribution in [0.2, 0.25) is 0 Å². The van der Waals surface area contributed by atoms with Crippen molar-refractivity contribution in [2.75, 3.05) is 6.61 Å². The second kappa shape index (κ2) is 30.8. The SMILES string of the molecule is CCCCCCCCCCC/C=C/CC/C=C/C(O)C(CO)NC(=O)C(O)CCCCCCCCCCCCC. The third-order valence-electron chi connectivity index (χ3n) is 7.79. The van der Waals surface area contributed by atoms with Crippen LogP contribution in [0.4, 0.5) is 0 Å². The number of amides is 1. The minimum absolute atomic E-state index is 0.374. The first-order valence-electron chi connectivity index (χ1n) is 17.2. The highest BCUT2D eigenvalue weighted by Crippen LogP contribution is 2.13. The summed E-state index contributed by atoms with van der Waals surface area (Å²) >= 11 is 0. The number of carbonyl (C=O) groups is 1. The molecular formula is C35H67NO4. The first-order chi connectivity index (χ1) is 19.6. The van der Waals surface area contributed by atoms with E-state index in [0.29, 0.717) is 6.42 Å². The van der Waals surface area contributed by atoms with E-state index < -0.39 is 24.2 Å². The Bertz CT molecular complexity index is 592. The molecule has 0 aromatic heterocycles. The number of aliphatic hydroxyl groups excluding tert-OH is 3. The van der Waals surface area contributed by atoms with E-state index in [2.05, 4.69) is 31.3 Å². The van der Waals surface area contributed by atoms with Crippen molar-refractivity contribution in [3.8, 4) is 0 Å². The van der Waals surface area contributed by atoms with E-state index >= 15 is 0 Å². The van der Waals surface area contributed by atoms with Crippen molar-refractivity contribution < 1.29 is 20.1 Å². The van der Waals surface area contributed by atoms with Gasteiger partial charge in [0.05, 0.1) is 18.8 Å². The van der Waals surface area contributed by atoms with E-state index in [0.717, 1.165) is 38.5 Å².